The Morgan fingerprint density at radius 2 is 2.17 bits per heavy atom. The van der Waals surface area contributed by atoms with Gasteiger partial charge in [-0.25, -0.2) is 5.14 Å². The predicted molar refractivity (Wildman–Crippen MR) is 64.9 cm³/mol. The van der Waals surface area contributed by atoms with Crippen molar-refractivity contribution >= 4 is 16.2 Å². The Morgan fingerprint density at radius 3 is 2.67 bits per heavy atom. The lowest BCUT2D eigenvalue weighted by Gasteiger charge is -2.38. The number of nitrogens with two attached hydrogens (primary N) is 1. The van der Waals surface area contributed by atoms with Crippen molar-refractivity contribution in [1.82, 2.24) is 4.31 Å². The van der Waals surface area contributed by atoms with Crippen molar-refractivity contribution in [3.63, 3.8) is 0 Å². The minimum absolute atomic E-state index is 0.0124. The number of esters is 1. The van der Waals surface area contributed by atoms with Crippen LogP contribution < -0.4 is 5.14 Å². The average molecular weight is 280 g/mol. The minimum atomic E-state index is -3.79. The molecule has 0 radical (unpaired) electrons. The van der Waals surface area contributed by atoms with Gasteiger partial charge in [0.15, 0.2) is 0 Å². The molecular weight excluding hydrogens is 260 g/mol. The van der Waals surface area contributed by atoms with E-state index in [9.17, 15) is 13.2 Å². The first-order valence-corrected chi connectivity index (χ1v) is 7.30. The molecule has 0 aromatic carbocycles. The number of carbonyl (C=O) groups excluding carboxylic acids is 1. The van der Waals surface area contributed by atoms with E-state index in [1.165, 1.54) is 7.11 Å². The van der Waals surface area contributed by atoms with E-state index in [0.29, 0.717) is 19.4 Å². The van der Waals surface area contributed by atoms with Crippen LogP contribution in [0.3, 0.4) is 0 Å². The number of ether oxygens (including phenoxy) is 2. The Bertz CT molecular complexity index is 393. The molecule has 0 aromatic heterocycles. The molecule has 0 saturated carbocycles. The highest BCUT2D eigenvalue weighted by Gasteiger charge is 2.45. The Hall–Kier alpha value is -0.700. The van der Waals surface area contributed by atoms with E-state index < -0.39 is 21.6 Å². The summed E-state index contributed by atoms with van der Waals surface area (Å²) in [6.07, 6.45) is 1.09. The normalized spacial score (nSPS) is 25.9. The van der Waals surface area contributed by atoms with Gasteiger partial charge in [0.1, 0.15) is 5.41 Å². The standard InChI is InChI=1S/C10H20N2O5S/c1-3-17-9(13)10(8-16-2)5-4-6-12(7-10)18(11,14)15/h3-8H2,1-2H3,(H2,11,14,15)/t10-/m0/s1. The van der Waals surface area contributed by atoms with Gasteiger partial charge >= 0.3 is 5.97 Å². The topological polar surface area (TPSA) is 98.9 Å². The zero-order valence-corrected chi connectivity index (χ0v) is 11.5. The van der Waals surface area contributed by atoms with E-state index in [1.54, 1.807) is 6.92 Å². The van der Waals surface area contributed by atoms with E-state index in [0.717, 1.165) is 4.31 Å². The maximum atomic E-state index is 12.0. The third-order valence-electron chi connectivity index (χ3n) is 3.03. The van der Waals surface area contributed by atoms with Crippen molar-refractivity contribution < 1.29 is 22.7 Å². The molecule has 18 heavy (non-hydrogen) atoms. The van der Waals surface area contributed by atoms with Crippen molar-refractivity contribution in [2.24, 2.45) is 10.6 Å². The van der Waals surface area contributed by atoms with Gasteiger partial charge < -0.3 is 9.47 Å². The Morgan fingerprint density at radius 1 is 1.50 bits per heavy atom. The van der Waals surface area contributed by atoms with Gasteiger partial charge in [-0.2, -0.15) is 12.7 Å². The molecule has 106 valence electrons. The summed E-state index contributed by atoms with van der Waals surface area (Å²) in [5, 5.41) is 5.11. The van der Waals surface area contributed by atoms with Crippen LogP contribution in [0, 0.1) is 5.41 Å². The highest BCUT2D eigenvalue weighted by molar-refractivity contribution is 7.86. The molecule has 1 aliphatic rings. The SMILES string of the molecule is CCOC(=O)[C@@]1(COC)CCCN(S(N)(=O)=O)C1. The lowest BCUT2D eigenvalue weighted by molar-refractivity contribution is -0.161. The smallest absolute Gasteiger partial charge is 0.315 e. The quantitative estimate of drug-likeness (QED) is 0.683. The number of hydrogen-bond donors (Lipinski definition) is 1. The second-order valence-electron chi connectivity index (χ2n) is 4.42. The molecule has 1 aliphatic heterocycles. The van der Waals surface area contributed by atoms with E-state index in [4.69, 9.17) is 14.6 Å². The molecular formula is C10H20N2O5S. The molecule has 1 saturated heterocycles. The Balaban J connectivity index is 2.93. The second kappa shape index (κ2) is 5.96. The molecule has 0 unspecified atom stereocenters. The molecule has 0 bridgehead atoms. The lowest BCUT2D eigenvalue weighted by atomic mass is 9.81. The van der Waals surface area contributed by atoms with E-state index in [2.05, 4.69) is 0 Å². The van der Waals surface area contributed by atoms with E-state index in [-0.39, 0.29) is 19.8 Å². The van der Waals surface area contributed by atoms with Crippen molar-refractivity contribution in [3.8, 4) is 0 Å². The van der Waals surface area contributed by atoms with Crippen molar-refractivity contribution in [2.75, 3.05) is 33.4 Å². The number of nitrogens with zero attached hydrogens (tertiary/aromatic N) is 1. The van der Waals surface area contributed by atoms with Crippen molar-refractivity contribution in [2.45, 2.75) is 19.8 Å². The molecule has 7 nitrogen and oxygen atoms in total. The summed E-state index contributed by atoms with van der Waals surface area (Å²) in [6, 6.07) is 0. The maximum Gasteiger partial charge on any atom is 0.315 e. The van der Waals surface area contributed by atoms with Gasteiger partial charge in [-0.3, -0.25) is 4.79 Å². The fraction of sp³-hybridized carbons (Fsp3) is 0.900. The summed E-state index contributed by atoms with van der Waals surface area (Å²) in [4.78, 5) is 12.0. The molecule has 2 N–H and O–H groups in total. The van der Waals surface area contributed by atoms with Crippen LogP contribution in [0.1, 0.15) is 19.8 Å². The largest absolute Gasteiger partial charge is 0.465 e. The number of methoxy groups -OCH3 is 1. The van der Waals surface area contributed by atoms with Crippen LogP contribution in [-0.2, 0) is 24.5 Å². The van der Waals surface area contributed by atoms with E-state index in [1.807, 2.05) is 0 Å². The number of rotatable bonds is 5. The van der Waals surface area contributed by atoms with Gasteiger partial charge in [0.2, 0.25) is 0 Å². The van der Waals surface area contributed by atoms with E-state index >= 15 is 0 Å². The zero-order chi connectivity index (χ0) is 13.8. The zero-order valence-electron chi connectivity index (χ0n) is 10.7. The van der Waals surface area contributed by atoms with Gasteiger partial charge in [0.05, 0.1) is 13.2 Å². The van der Waals surface area contributed by atoms with Crippen LogP contribution in [0.15, 0.2) is 0 Å². The monoisotopic (exact) mass is 280 g/mol. The molecule has 0 aromatic rings. The fourth-order valence-corrected chi connectivity index (χ4v) is 3.02. The van der Waals surface area contributed by atoms with Crippen LogP contribution >= 0.6 is 0 Å². The highest BCUT2D eigenvalue weighted by atomic mass is 32.2. The van der Waals surface area contributed by atoms with Crippen LogP contribution in [-0.4, -0.2) is 52.1 Å². The van der Waals surface area contributed by atoms with Gasteiger partial charge in [0.25, 0.3) is 10.2 Å². The molecule has 0 aliphatic carbocycles. The van der Waals surface area contributed by atoms with Crippen LogP contribution in [0.2, 0.25) is 0 Å². The summed E-state index contributed by atoms with van der Waals surface area (Å²) >= 11 is 0. The average Bonchev–Trinajstić information content (AvgIpc) is 2.29. The first-order valence-electron chi connectivity index (χ1n) is 5.80. The second-order valence-corrected chi connectivity index (χ2v) is 5.96. The number of carbonyl (C=O) groups is 1. The van der Waals surface area contributed by atoms with Crippen molar-refractivity contribution in [3.05, 3.63) is 0 Å². The van der Waals surface area contributed by atoms with Crippen molar-refractivity contribution in [1.29, 1.82) is 0 Å². The minimum Gasteiger partial charge on any atom is -0.465 e. The Kier molecular flexibility index (Phi) is 5.09. The van der Waals surface area contributed by atoms with Gasteiger partial charge in [-0.1, -0.05) is 0 Å². The number of piperidine rings is 1. The lowest BCUT2D eigenvalue weighted by Crippen LogP contribution is -2.54. The van der Waals surface area contributed by atoms with Gasteiger partial charge in [0, 0.05) is 20.2 Å². The molecule has 0 amide bonds. The molecule has 1 atom stereocenters. The van der Waals surface area contributed by atoms with Crippen LogP contribution in [0.25, 0.3) is 0 Å². The molecule has 8 heteroatoms. The summed E-state index contributed by atoms with van der Waals surface area (Å²) in [5.41, 5.74) is -0.949. The maximum absolute atomic E-state index is 12.0. The molecule has 0 spiro atoms. The summed E-state index contributed by atoms with van der Waals surface area (Å²) < 4.78 is 33.9. The number of hydrogen-bond acceptors (Lipinski definition) is 5. The van der Waals surface area contributed by atoms with Gasteiger partial charge in [-0.05, 0) is 19.8 Å². The summed E-state index contributed by atoms with van der Waals surface area (Å²) in [7, 11) is -2.32. The molecule has 1 fully saturated rings. The predicted octanol–water partition coefficient (Wildman–Crippen LogP) is -0.518. The third-order valence-corrected chi connectivity index (χ3v) is 4.06. The summed E-state index contributed by atoms with van der Waals surface area (Å²) in [6.45, 7) is 2.42. The first-order chi connectivity index (χ1) is 8.35. The molecule has 1 heterocycles. The highest BCUT2D eigenvalue weighted by Crippen LogP contribution is 2.32. The van der Waals surface area contributed by atoms with Crippen LogP contribution in [0.5, 0.6) is 0 Å². The third kappa shape index (κ3) is 3.41. The molecule has 1 rings (SSSR count). The van der Waals surface area contributed by atoms with Crippen LogP contribution in [0.4, 0.5) is 0 Å². The summed E-state index contributed by atoms with van der Waals surface area (Å²) in [5.74, 6) is -0.430. The fourth-order valence-electron chi connectivity index (χ4n) is 2.21. The first kappa shape index (κ1) is 15.4. The Labute approximate surface area is 107 Å². The van der Waals surface area contributed by atoms with Gasteiger partial charge in [-0.15, -0.1) is 0 Å².